The van der Waals surface area contributed by atoms with Crippen LogP contribution in [0.3, 0.4) is 0 Å². The molecule has 2 rings (SSSR count). The average Bonchev–Trinajstić information content (AvgIpc) is 2.43. The Labute approximate surface area is 98.4 Å². The zero-order valence-corrected chi connectivity index (χ0v) is 10.9. The summed E-state index contributed by atoms with van der Waals surface area (Å²) in [5.41, 5.74) is 2.38. The Bertz CT molecular complexity index is 486. The summed E-state index contributed by atoms with van der Waals surface area (Å²) in [4.78, 5) is 0. The van der Waals surface area contributed by atoms with Crippen molar-refractivity contribution < 1.29 is 0 Å². The van der Waals surface area contributed by atoms with Gasteiger partial charge in [0, 0.05) is 22.6 Å². The number of aromatic nitrogens is 2. The molecule has 0 saturated heterocycles. The summed E-state index contributed by atoms with van der Waals surface area (Å²) in [5.74, 6) is 0.649. The van der Waals surface area contributed by atoms with Crippen molar-refractivity contribution in [1.82, 2.24) is 9.78 Å². The zero-order chi connectivity index (χ0) is 11.0. The van der Waals surface area contributed by atoms with Crippen molar-refractivity contribution >= 4 is 26.8 Å². The lowest BCUT2D eigenvalue weighted by Gasteiger charge is -2.06. The van der Waals surface area contributed by atoms with E-state index in [0.29, 0.717) is 5.92 Å². The second-order valence-corrected chi connectivity index (χ2v) is 5.16. The van der Waals surface area contributed by atoms with Crippen molar-refractivity contribution in [2.24, 2.45) is 13.0 Å². The Hall–Kier alpha value is -0.830. The van der Waals surface area contributed by atoms with Crippen LogP contribution in [0.1, 0.15) is 19.5 Å². The van der Waals surface area contributed by atoms with Crippen molar-refractivity contribution in [2.75, 3.05) is 0 Å². The fraction of sp³-hybridized carbons (Fsp3) is 0.417. The van der Waals surface area contributed by atoms with Gasteiger partial charge in [0.05, 0.1) is 5.52 Å². The van der Waals surface area contributed by atoms with E-state index < -0.39 is 0 Å². The third-order valence-corrected chi connectivity index (χ3v) is 3.19. The Morgan fingerprint density at radius 1 is 1.40 bits per heavy atom. The Morgan fingerprint density at radius 3 is 2.80 bits per heavy atom. The van der Waals surface area contributed by atoms with E-state index in [0.717, 1.165) is 16.4 Å². The van der Waals surface area contributed by atoms with Crippen LogP contribution in [0.25, 0.3) is 10.9 Å². The van der Waals surface area contributed by atoms with E-state index in [1.54, 1.807) is 0 Å². The molecule has 1 heterocycles. The van der Waals surface area contributed by atoms with Gasteiger partial charge in [-0.25, -0.2) is 0 Å². The van der Waals surface area contributed by atoms with Crippen LogP contribution >= 0.6 is 15.9 Å². The molecule has 0 radical (unpaired) electrons. The van der Waals surface area contributed by atoms with Gasteiger partial charge in [-0.15, -0.1) is 0 Å². The number of aryl methyl sites for hydroxylation is 1. The van der Waals surface area contributed by atoms with Crippen LogP contribution in [0.4, 0.5) is 0 Å². The lowest BCUT2D eigenvalue weighted by Crippen LogP contribution is -2.02. The lowest BCUT2D eigenvalue weighted by molar-refractivity contribution is 0.599. The fourth-order valence-electron chi connectivity index (χ4n) is 1.89. The Morgan fingerprint density at radius 2 is 2.13 bits per heavy atom. The van der Waals surface area contributed by atoms with Gasteiger partial charge >= 0.3 is 0 Å². The summed E-state index contributed by atoms with van der Waals surface area (Å²) in [7, 11) is 2.02. The van der Waals surface area contributed by atoms with Crippen LogP contribution in [0.5, 0.6) is 0 Å². The Balaban J connectivity index is 2.65. The van der Waals surface area contributed by atoms with Gasteiger partial charge in [-0.2, -0.15) is 5.10 Å². The van der Waals surface area contributed by atoms with Gasteiger partial charge in [-0.05, 0) is 24.5 Å². The molecule has 1 aromatic heterocycles. The van der Waals surface area contributed by atoms with Crippen LogP contribution in [0.15, 0.2) is 22.7 Å². The molecule has 1 aromatic carbocycles. The highest BCUT2D eigenvalue weighted by atomic mass is 79.9. The molecule has 3 heteroatoms. The highest BCUT2D eigenvalue weighted by molar-refractivity contribution is 9.10. The van der Waals surface area contributed by atoms with E-state index in [1.165, 1.54) is 11.1 Å². The van der Waals surface area contributed by atoms with E-state index in [-0.39, 0.29) is 0 Å². The summed E-state index contributed by atoms with van der Waals surface area (Å²) in [6.45, 7) is 4.46. The van der Waals surface area contributed by atoms with Crippen LogP contribution in [-0.2, 0) is 13.5 Å². The van der Waals surface area contributed by atoms with E-state index in [1.807, 2.05) is 17.8 Å². The second-order valence-electron chi connectivity index (χ2n) is 4.30. The van der Waals surface area contributed by atoms with E-state index in [4.69, 9.17) is 0 Å². The van der Waals surface area contributed by atoms with Gasteiger partial charge in [0.15, 0.2) is 0 Å². The first-order valence-corrected chi connectivity index (χ1v) is 5.99. The summed E-state index contributed by atoms with van der Waals surface area (Å²) >= 11 is 3.60. The minimum absolute atomic E-state index is 0.649. The van der Waals surface area contributed by atoms with Gasteiger partial charge in [-0.1, -0.05) is 35.8 Å². The maximum atomic E-state index is 4.51. The maximum Gasteiger partial charge on any atom is 0.0937 e. The predicted octanol–water partition coefficient (Wildman–Crippen LogP) is 3.53. The first-order chi connectivity index (χ1) is 7.09. The summed E-state index contributed by atoms with van der Waals surface area (Å²) < 4.78 is 3.14. The van der Waals surface area contributed by atoms with Gasteiger partial charge in [-0.3, -0.25) is 4.68 Å². The quantitative estimate of drug-likeness (QED) is 0.813. The van der Waals surface area contributed by atoms with Gasteiger partial charge in [0.1, 0.15) is 0 Å². The van der Waals surface area contributed by atoms with Crippen LogP contribution in [0, 0.1) is 5.92 Å². The average molecular weight is 267 g/mol. The summed E-state index contributed by atoms with van der Waals surface area (Å²) in [5, 5.41) is 5.77. The highest BCUT2D eigenvalue weighted by Crippen LogP contribution is 2.27. The first kappa shape index (κ1) is 10.7. The SMILES string of the molecule is CC(C)Cc1c2c(Br)cccc2nn1C. The van der Waals surface area contributed by atoms with Crippen molar-refractivity contribution in [2.45, 2.75) is 20.3 Å². The Kier molecular flexibility index (Phi) is 2.83. The van der Waals surface area contributed by atoms with E-state index in [2.05, 4.69) is 47.0 Å². The molecule has 0 unspecified atom stereocenters. The molecular weight excluding hydrogens is 252 g/mol. The van der Waals surface area contributed by atoms with Gasteiger partial charge in [0.25, 0.3) is 0 Å². The van der Waals surface area contributed by atoms with Crippen molar-refractivity contribution in [3.05, 3.63) is 28.4 Å². The normalized spacial score (nSPS) is 11.5. The van der Waals surface area contributed by atoms with Crippen LogP contribution in [-0.4, -0.2) is 9.78 Å². The van der Waals surface area contributed by atoms with E-state index in [9.17, 15) is 0 Å². The smallest absolute Gasteiger partial charge is 0.0937 e. The van der Waals surface area contributed by atoms with Crippen LogP contribution in [0.2, 0.25) is 0 Å². The largest absolute Gasteiger partial charge is 0.271 e. The molecule has 0 aliphatic carbocycles. The minimum atomic E-state index is 0.649. The predicted molar refractivity (Wildman–Crippen MR) is 67.0 cm³/mol. The van der Waals surface area contributed by atoms with Crippen molar-refractivity contribution in [1.29, 1.82) is 0 Å². The molecule has 0 atom stereocenters. The standard InChI is InChI=1S/C12H15BrN2/c1-8(2)7-11-12-9(13)5-4-6-10(12)14-15(11)3/h4-6,8H,7H2,1-3H3. The number of hydrogen-bond donors (Lipinski definition) is 0. The number of rotatable bonds is 2. The van der Waals surface area contributed by atoms with Gasteiger partial charge in [0.2, 0.25) is 0 Å². The molecule has 0 spiro atoms. The second kappa shape index (κ2) is 3.97. The highest BCUT2D eigenvalue weighted by Gasteiger charge is 2.12. The van der Waals surface area contributed by atoms with E-state index >= 15 is 0 Å². The molecule has 2 aromatic rings. The molecular formula is C12H15BrN2. The molecule has 15 heavy (non-hydrogen) atoms. The zero-order valence-electron chi connectivity index (χ0n) is 9.29. The molecule has 0 saturated carbocycles. The molecule has 80 valence electrons. The molecule has 2 nitrogen and oxygen atoms in total. The van der Waals surface area contributed by atoms with Gasteiger partial charge < -0.3 is 0 Å². The lowest BCUT2D eigenvalue weighted by atomic mass is 10.1. The maximum absolute atomic E-state index is 4.51. The molecule has 0 N–H and O–H groups in total. The number of halogens is 1. The summed E-state index contributed by atoms with van der Waals surface area (Å²) in [6.07, 6.45) is 1.07. The molecule has 0 aliphatic heterocycles. The third-order valence-electron chi connectivity index (χ3n) is 2.53. The molecule has 0 amide bonds. The summed E-state index contributed by atoms with van der Waals surface area (Å²) in [6, 6.07) is 6.16. The fourth-order valence-corrected chi connectivity index (χ4v) is 2.47. The topological polar surface area (TPSA) is 17.8 Å². The molecule has 0 aliphatic rings. The number of hydrogen-bond acceptors (Lipinski definition) is 1. The van der Waals surface area contributed by atoms with Crippen molar-refractivity contribution in [3.63, 3.8) is 0 Å². The van der Waals surface area contributed by atoms with Crippen LogP contribution < -0.4 is 0 Å². The number of fused-ring (bicyclic) bond motifs is 1. The number of benzene rings is 1. The van der Waals surface area contributed by atoms with Crippen molar-refractivity contribution in [3.8, 4) is 0 Å². The first-order valence-electron chi connectivity index (χ1n) is 5.19. The molecule has 0 fully saturated rings. The number of nitrogens with zero attached hydrogens (tertiary/aromatic N) is 2. The third kappa shape index (κ3) is 1.93. The monoisotopic (exact) mass is 266 g/mol. The molecule has 0 bridgehead atoms. The minimum Gasteiger partial charge on any atom is -0.271 e.